The van der Waals surface area contributed by atoms with Gasteiger partial charge in [-0.15, -0.1) is 5.10 Å². The van der Waals surface area contributed by atoms with Gasteiger partial charge in [-0.1, -0.05) is 25.1 Å². The maximum absolute atomic E-state index is 4.53. The van der Waals surface area contributed by atoms with Crippen molar-refractivity contribution in [2.45, 2.75) is 27.2 Å². The van der Waals surface area contributed by atoms with E-state index in [0.29, 0.717) is 5.95 Å². The zero-order chi connectivity index (χ0) is 14.4. The molecule has 20 heavy (non-hydrogen) atoms. The second kappa shape index (κ2) is 6.84. The second-order valence-electron chi connectivity index (χ2n) is 4.45. The van der Waals surface area contributed by atoms with Crippen LogP contribution in [0.2, 0.25) is 0 Å². The van der Waals surface area contributed by atoms with Crippen molar-refractivity contribution in [1.82, 2.24) is 15.2 Å². The summed E-state index contributed by atoms with van der Waals surface area (Å²) in [5.41, 5.74) is 2.28. The van der Waals surface area contributed by atoms with Gasteiger partial charge in [0.1, 0.15) is 0 Å². The van der Waals surface area contributed by atoms with Gasteiger partial charge in [-0.2, -0.15) is 10.1 Å². The number of hydrogen-bond donors (Lipinski definition) is 1. The van der Waals surface area contributed by atoms with E-state index < -0.39 is 0 Å². The molecule has 1 aromatic heterocycles. The van der Waals surface area contributed by atoms with E-state index in [1.165, 1.54) is 5.56 Å². The second-order valence-corrected chi connectivity index (χ2v) is 4.45. The minimum atomic E-state index is 0.537. The molecule has 5 nitrogen and oxygen atoms in total. The smallest absolute Gasteiger partial charge is 0.249 e. The van der Waals surface area contributed by atoms with E-state index in [-0.39, 0.29) is 0 Å². The van der Waals surface area contributed by atoms with Crippen molar-refractivity contribution in [2.75, 3.05) is 23.3 Å². The van der Waals surface area contributed by atoms with Crippen LogP contribution in [-0.4, -0.2) is 28.3 Å². The van der Waals surface area contributed by atoms with Gasteiger partial charge in [-0.05, 0) is 31.9 Å². The number of nitrogens with one attached hydrogen (secondary N) is 1. The molecule has 1 N–H and O–H groups in total. The Kier molecular flexibility index (Phi) is 4.87. The van der Waals surface area contributed by atoms with Crippen LogP contribution < -0.4 is 10.2 Å². The first-order valence-corrected chi connectivity index (χ1v) is 7.08. The Morgan fingerprint density at radius 2 is 1.85 bits per heavy atom. The average molecular weight is 271 g/mol. The number of hydrogen-bond acceptors (Lipinski definition) is 5. The van der Waals surface area contributed by atoms with Crippen LogP contribution in [0.3, 0.4) is 0 Å². The maximum atomic E-state index is 4.53. The van der Waals surface area contributed by atoms with E-state index in [1.54, 1.807) is 6.20 Å². The first-order valence-electron chi connectivity index (χ1n) is 7.08. The molecule has 0 unspecified atom stereocenters. The third-order valence-electron chi connectivity index (χ3n) is 3.28. The topological polar surface area (TPSA) is 53.9 Å². The highest BCUT2D eigenvalue weighted by molar-refractivity contribution is 5.59. The lowest BCUT2D eigenvalue weighted by molar-refractivity contribution is 0.826. The Labute approximate surface area is 120 Å². The van der Waals surface area contributed by atoms with Crippen molar-refractivity contribution in [3.05, 3.63) is 36.0 Å². The highest BCUT2D eigenvalue weighted by Gasteiger charge is 2.07. The molecule has 0 radical (unpaired) electrons. The lowest BCUT2D eigenvalue weighted by atomic mass is 10.1. The number of nitrogens with zero attached hydrogens (tertiary/aromatic N) is 4. The summed E-state index contributed by atoms with van der Waals surface area (Å²) >= 11 is 0. The summed E-state index contributed by atoms with van der Waals surface area (Å²) in [6.45, 7) is 8.14. The number of aryl methyl sites for hydroxylation is 1. The Morgan fingerprint density at radius 3 is 2.55 bits per heavy atom. The molecule has 0 aliphatic carbocycles. The number of anilines is 3. The van der Waals surface area contributed by atoms with Gasteiger partial charge in [0, 0.05) is 18.8 Å². The number of rotatable bonds is 6. The van der Waals surface area contributed by atoms with E-state index in [0.717, 1.165) is 31.0 Å². The Bertz CT molecular complexity index is 551. The molecular weight excluding hydrogens is 250 g/mol. The Morgan fingerprint density at radius 1 is 1.10 bits per heavy atom. The van der Waals surface area contributed by atoms with Crippen LogP contribution in [0.1, 0.15) is 26.3 Å². The number of benzene rings is 1. The van der Waals surface area contributed by atoms with E-state index in [4.69, 9.17) is 0 Å². The van der Waals surface area contributed by atoms with Crippen LogP contribution in [-0.2, 0) is 6.42 Å². The van der Waals surface area contributed by atoms with Crippen LogP contribution in [0.15, 0.2) is 30.5 Å². The van der Waals surface area contributed by atoms with Crippen molar-refractivity contribution in [3.8, 4) is 0 Å². The monoisotopic (exact) mass is 271 g/mol. The van der Waals surface area contributed by atoms with Gasteiger partial charge in [0.15, 0.2) is 5.82 Å². The number of aromatic nitrogens is 3. The molecule has 0 bridgehead atoms. The molecule has 2 aromatic rings. The van der Waals surface area contributed by atoms with E-state index in [9.17, 15) is 0 Å². The van der Waals surface area contributed by atoms with Crippen molar-refractivity contribution >= 4 is 17.5 Å². The molecule has 2 rings (SSSR count). The molecule has 0 fully saturated rings. The molecule has 0 atom stereocenters. The van der Waals surface area contributed by atoms with Crippen molar-refractivity contribution in [1.29, 1.82) is 0 Å². The fourth-order valence-corrected chi connectivity index (χ4v) is 2.12. The first kappa shape index (κ1) is 14.2. The molecule has 0 aliphatic heterocycles. The maximum Gasteiger partial charge on any atom is 0.249 e. The Balaban J connectivity index is 2.23. The molecule has 0 saturated heterocycles. The van der Waals surface area contributed by atoms with Gasteiger partial charge in [0.25, 0.3) is 0 Å². The summed E-state index contributed by atoms with van der Waals surface area (Å²) in [7, 11) is 0. The molecule has 5 heteroatoms. The average Bonchev–Trinajstić information content (AvgIpc) is 2.49. The normalized spacial score (nSPS) is 10.3. The minimum Gasteiger partial charge on any atom is -0.356 e. The van der Waals surface area contributed by atoms with Gasteiger partial charge < -0.3 is 10.2 Å². The molecule has 0 amide bonds. The van der Waals surface area contributed by atoms with E-state index >= 15 is 0 Å². The lowest BCUT2D eigenvalue weighted by Gasteiger charge is -2.19. The molecule has 0 aliphatic rings. The van der Waals surface area contributed by atoms with Gasteiger partial charge in [-0.3, -0.25) is 0 Å². The van der Waals surface area contributed by atoms with Crippen molar-refractivity contribution < 1.29 is 0 Å². The molecular formula is C15H21N5. The molecule has 106 valence electrons. The standard InChI is InChI=1S/C15H21N5/c1-4-12-9-7-8-10-13(12)17-15-18-14(11-16-19-15)20(5-2)6-3/h7-11H,4-6H2,1-3H3,(H,17,18,19). The predicted molar refractivity (Wildman–Crippen MR) is 82.5 cm³/mol. The lowest BCUT2D eigenvalue weighted by Crippen LogP contribution is -2.23. The van der Waals surface area contributed by atoms with Crippen LogP contribution in [0.5, 0.6) is 0 Å². The molecule has 0 saturated carbocycles. The van der Waals surface area contributed by atoms with Crippen molar-refractivity contribution in [3.63, 3.8) is 0 Å². The number of para-hydroxylation sites is 1. The van der Waals surface area contributed by atoms with Crippen LogP contribution in [0, 0.1) is 0 Å². The van der Waals surface area contributed by atoms with Crippen molar-refractivity contribution in [2.24, 2.45) is 0 Å². The fourth-order valence-electron chi connectivity index (χ4n) is 2.12. The highest BCUT2D eigenvalue weighted by atomic mass is 15.3. The van der Waals surface area contributed by atoms with Gasteiger partial charge >= 0.3 is 0 Å². The van der Waals surface area contributed by atoms with E-state index in [1.807, 2.05) is 18.2 Å². The summed E-state index contributed by atoms with van der Waals surface area (Å²) in [6, 6.07) is 8.18. The largest absolute Gasteiger partial charge is 0.356 e. The summed E-state index contributed by atoms with van der Waals surface area (Å²) in [5.74, 6) is 1.39. The Hall–Kier alpha value is -2.17. The third kappa shape index (κ3) is 3.23. The first-order chi connectivity index (χ1) is 9.78. The van der Waals surface area contributed by atoms with E-state index in [2.05, 4.69) is 52.2 Å². The van der Waals surface area contributed by atoms with Crippen LogP contribution in [0.4, 0.5) is 17.5 Å². The zero-order valence-corrected chi connectivity index (χ0v) is 12.3. The summed E-state index contributed by atoms with van der Waals surface area (Å²) in [5, 5.41) is 11.4. The summed E-state index contributed by atoms with van der Waals surface area (Å²) in [4.78, 5) is 6.67. The SMILES string of the molecule is CCc1ccccc1Nc1nncc(N(CC)CC)n1. The highest BCUT2D eigenvalue weighted by Crippen LogP contribution is 2.19. The van der Waals surface area contributed by atoms with Crippen LogP contribution in [0.25, 0.3) is 0 Å². The minimum absolute atomic E-state index is 0.537. The summed E-state index contributed by atoms with van der Waals surface area (Å²) < 4.78 is 0. The summed E-state index contributed by atoms with van der Waals surface area (Å²) in [6.07, 6.45) is 2.66. The predicted octanol–water partition coefficient (Wildman–Crippen LogP) is 3.02. The van der Waals surface area contributed by atoms with Crippen LogP contribution >= 0.6 is 0 Å². The molecule has 0 spiro atoms. The van der Waals surface area contributed by atoms with Gasteiger partial charge in [0.2, 0.25) is 5.95 Å². The molecule has 1 aromatic carbocycles. The third-order valence-corrected chi connectivity index (χ3v) is 3.28. The zero-order valence-electron chi connectivity index (χ0n) is 12.3. The van der Waals surface area contributed by atoms with Gasteiger partial charge in [-0.25, -0.2) is 0 Å². The molecule has 1 heterocycles. The quantitative estimate of drug-likeness (QED) is 0.875. The fraction of sp³-hybridized carbons (Fsp3) is 0.400. The van der Waals surface area contributed by atoms with Gasteiger partial charge in [0.05, 0.1) is 6.20 Å².